The number of amides is 1. The first-order valence-corrected chi connectivity index (χ1v) is 10.8. The van der Waals surface area contributed by atoms with Crippen LogP contribution in [0.15, 0.2) is 81.7 Å². The van der Waals surface area contributed by atoms with E-state index in [9.17, 15) is 9.59 Å². The van der Waals surface area contributed by atoms with Crippen LogP contribution in [0.4, 0.5) is 5.69 Å². The van der Waals surface area contributed by atoms with Crippen molar-refractivity contribution in [3.8, 4) is 11.5 Å². The Balaban J connectivity index is 1.64. The second-order valence-electron chi connectivity index (χ2n) is 7.08. The van der Waals surface area contributed by atoms with Crippen molar-refractivity contribution in [1.82, 2.24) is 0 Å². The molecular weight excluding hydrogens is 486 g/mol. The Morgan fingerprint density at radius 1 is 0.970 bits per heavy atom. The molecule has 0 aliphatic carbocycles. The molecule has 0 aliphatic heterocycles. The molecule has 1 amide bonds. The smallest absolute Gasteiger partial charge is 0.248 e. The molecule has 0 aliphatic rings. The van der Waals surface area contributed by atoms with Gasteiger partial charge in [-0.3, -0.25) is 9.59 Å². The number of carbonyl (C=O) groups excluding carboxylic acids is 2. The van der Waals surface area contributed by atoms with Crippen molar-refractivity contribution in [3.05, 3.63) is 94.2 Å². The summed E-state index contributed by atoms with van der Waals surface area (Å²) in [7, 11) is 3.14. The van der Waals surface area contributed by atoms with Crippen LogP contribution in [-0.2, 0) is 4.79 Å². The molecule has 0 spiro atoms. The van der Waals surface area contributed by atoms with Gasteiger partial charge in [-0.05, 0) is 70.0 Å². The summed E-state index contributed by atoms with van der Waals surface area (Å²) >= 11 is 3.40. The molecule has 0 atom stereocenters. The lowest BCUT2D eigenvalue weighted by Gasteiger charge is -2.07. The normalized spacial score (nSPS) is 11.0. The third-order valence-electron chi connectivity index (χ3n) is 5.01. The maximum atomic E-state index is 13.3. The van der Waals surface area contributed by atoms with Crippen molar-refractivity contribution >= 4 is 50.4 Å². The van der Waals surface area contributed by atoms with Gasteiger partial charge in [0.1, 0.15) is 17.1 Å². The lowest BCUT2D eigenvalue weighted by atomic mass is 10.1. The number of ketones is 1. The molecule has 0 saturated heterocycles. The van der Waals surface area contributed by atoms with Gasteiger partial charge in [-0.25, -0.2) is 0 Å². The number of methoxy groups -OCH3 is 2. The van der Waals surface area contributed by atoms with Crippen molar-refractivity contribution in [2.45, 2.75) is 0 Å². The first-order valence-electron chi connectivity index (χ1n) is 10.0. The molecule has 4 aromatic rings. The average Bonchev–Trinajstić information content (AvgIpc) is 3.20. The van der Waals surface area contributed by atoms with E-state index in [-0.39, 0.29) is 17.5 Å². The monoisotopic (exact) mass is 505 g/mol. The minimum Gasteiger partial charge on any atom is -0.497 e. The molecule has 1 aromatic heterocycles. The van der Waals surface area contributed by atoms with Gasteiger partial charge in [0.2, 0.25) is 11.7 Å². The summed E-state index contributed by atoms with van der Waals surface area (Å²) in [6, 6.07) is 19.5. The van der Waals surface area contributed by atoms with Gasteiger partial charge < -0.3 is 19.2 Å². The fourth-order valence-electron chi connectivity index (χ4n) is 3.32. The molecule has 7 heteroatoms. The lowest BCUT2D eigenvalue weighted by Crippen LogP contribution is -2.11. The standard InChI is InChI=1S/C26H20BrNO5/c1-31-18-11-7-16(8-12-18)9-14-23(29)28-24-19-5-3-4-6-21(19)33-26(24)25(30)17-10-13-22(32-2)20(27)15-17/h3-15H,1-2H3,(H,28,29)/b14-9+. The number of ether oxygens (including phenoxy) is 2. The van der Waals surface area contributed by atoms with Gasteiger partial charge in [0, 0.05) is 17.0 Å². The van der Waals surface area contributed by atoms with Gasteiger partial charge in [0.25, 0.3) is 0 Å². The quantitative estimate of drug-likeness (QED) is 0.242. The zero-order valence-electron chi connectivity index (χ0n) is 17.9. The number of fused-ring (bicyclic) bond motifs is 1. The second-order valence-corrected chi connectivity index (χ2v) is 7.93. The number of carbonyl (C=O) groups is 2. The van der Waals surface area contributed by atoms with Crippen LogP contribution < -0.4 is 14.8 Å². The van der Waals surface area contributed by atoms with E-state index in [2.05, 4.69) is 21.2 Å². The molecular formula is C26H20BrNO5. The van der Waals surface area contributed by atoms with E-state index in [0.29, 0.717) is 32.4 Å². The number of anilines is 1. The molecule has 4 rings (SSSR count). The fraction of sp³-hybridized carbons (Fsp3) is 0.0769. The van der Waals surface area contributed by atoms with Crippen LogP contribution in [0.5, 0.6) is 11.5 Å². The van der Waals surface area contributed by atoms with Gasteiger partial charge in [-0.15, -0.1) is 0 Å². The van der Waals surface area contributed by atoms with Crippen LogP contribution in [0.3, 0.4) is 0 Å². The zero-order chi connectivity index (χ0) is 23.4. The van der Waals surface area contributed by atoms with Crippen LogP contribution in [-0.4, -0.2) is 25.9 Å². The topological polar surface area (TPSA) is 77.8 Å². The molecule has 0 bridgehead atoms. The number of nitrogens with one attached hydrogen (secondary N) is 1. The Labute approximate surface area is 198 Å². The molecule has 0 fully saturated rings. The third kappa shape index (κ3) is 4.83. The maximum Gasteiger partial charge on any atom is 0.248 e. The van der Waals surface area contributed by atoms with Crippen LogP contribution in [0.25, 0.3) is 17.0 Å². The molecule has 1 N–H and O–H groups in total. The van der Waals surface area contributed by atoms with Crippen molar-refractivity contribution < 1.29 is 23.5 Å². The summed E-state index contributed by atoms with van der Waals surface area (Å²) in [4.78, 5) is 26.0. The molecule has 0 radical (unpaired) electrons. The highest BCUT2D eigenvalue weighted by Crippen LogP contribution is 2.34. The van der Waals surface area contributed by atoms with E-state index in [1.165, 1.54) is 6.08 Å². The van der Waals surface area contributed by atoms with Crippen LogP contribution >= 0.6 is 15.9 Å². The summed E-state index contributed by atoms with van der Waals surface area (Å²) in [6.45, 7) is 0. The van der Waals surface area contributed by atoms with Gasteiger partial charge in [0.05, 0.1) is 24.4 Å². The highest BCUT2D eigenvalue weighted by Gasteiger charge is 2.23. The summed E-state index contributed by atoms with van der Waals surface area (Å²) in [6.07, 6.45) is 3.08. The largest absolute Gasteiger partial charge is 0.497 e. The zero-order valence-corrected chi connectivity index (χ0v) is 19.5. The van der Waals surface area contributed by atoms with Gasteiger partial charge in [-0.2, -0.15) is 0 Å². The predicted octanol–water partition coefficient (Wildman–Crippen LogP) is 6.10. The lowest BCUT2D eigenvalue weighted by molar-refractivity contribution is -0.111. The molecule has 166 valence electrons. The number of halogens is 1. The van der Waals surface area contributed by atoms with Crippen molar-refractivity contribution in [2.24, 2.45) is 0 Å². The Kier molecular flexibility index (Phi) is 6.60. The first kappa shape index (κ1) is 22.4. The highest BCUT2D eigenvalue weighted by atomic mass is 79.9. The number of rotatable bonds is 7. The second kappa shape index (κ2) is 9.75. The molecule has 1 heterocycles. The van der Waals surface area contributed by atoms with Crippen LogP contribution in [0.1, 0.15) is 21.7 Å². The number of para-hydroxylation sites is 1. The molecule has 0 saturated carbocycles. The predicted molar refractivity (Wildman–Crippen MR) is 131 cm³/mol. The Hall–Kier alpha value is -3.84. The van der Waals surface area contributed by atoms with Crippen molar-refractivity contribution in [3.63, 3.8) is 0 Å². The summed E-state index contributed by atoms with van der Waals surface area (Å²) in [5.41, 5.74) is 2.06. The number of hydrogen-bond donors (Lipinski definition) is 1. The first-order chi connectivity index (χ1) is 16.0. The van der Waals surface area contributed by atoms with E-state index >= 15 is 0 Å². The number of benzene rings is 3. The van der Waals surface area contributed by atoms with Crippen LogP contribution in [0.2, 0.25) is 0 Å². The van der Waals surface area contributed by atoms with E-state index in [4.69, 9.17) is 13.9 Å². The maximum absolute atomic E-state index is 13.3. The molecule has 3 aromatic carbocycles. The fourth-order valence-corrected chi connectivity index (χ4v) is 3.86. The molecule has 6 nitrogen and oxygen atoms in total. The minimum atomic E-state index is -0.387. The SMILES string of the molecule is COc1ccc(/C=C/C(=O)Nc2c(C(=O)c3ccc(OC)c(Br)c3)oc3ccccc23)cc1. The van der Waals surface area contributed by atoms with E-state index in [1.54, 1.807) is 56.7 Å². The van der Waals surface area contributed by atoms with E-state index < -0.39 is 0 Å². The van der Waals surface area contributed by atoms with Crippen molar-refractivity contribution in [2.75, 3.05) is 19.5 Å². The molecule has 0 unspecified atom stereocenters. The Bertz CT molecular complexity index is 1360. The van der Waals surface area contributed by atoms with E-state index in [0.717, 1.165) is 11.3 Å². The van der Waals surface area contributed by atoms with Gasteiger partial charge in [-0.1, -0.05) is 24.3 Å². The van der Waals surface area contributed by atoms with Crippen LogP contribution in [0, 0.1) is 0 Å². The third-order valence-corrected chi connectivity index (χ3v) is 5.63. The Morgan fingerprint density at radius 3 is 2.42 bits per heavy atom. The highest BCUT2D eigenvalue weighted by molar-refractivity contribution is 9.10. The van der Waals surface area contributed by atoms with Gasteiger partial charge in [0.15, 0.2) is 5.76 Å². The van der Waals surface area contributed by atoms with Gasteiger partial charge >= 0.3 is 0 Å². The number of furan rings is 1. The summed E-state index contributed by atoms with van der Waals surface area (Å²) < 4.78 is 16.9. The number of hydrogen-bond acceptors (Lipinski definition) is 5. The van der Waals surface area contributed by atoms with Crippen molar-refractivity contribution in [1.29, 1.82) is 0 Å². The van der Waals surface area contributed by atoms with E-state index in [1.807, 2.05) is 30.3 Å². The Morgan fingerprint density at radius 2 is 1.73 bits per heavy atom. The summed E-state index contributed by atoms with van der Waals surface area (Å²) in [5, 5.41) is 3.45. The summed E-state index contributed by atoms with van der Waals surface area (Å²) in [5.74, 6) is 0.647. The molecule has 33 heavy (non-hydrogen) atoms. The minimum absolute atomic E-state index is 0.0551. The average molecular weight is 506 g/mol.